The van der Waals surface area contributed by atoms with Gasteiger partial charge in [-0.25, -0.2) is 13.6 Å². The van der Waals surface area contributed by atoms with Crippen molar-refractivity contribution in [1.29, 1.82) is 0 Å². The van der Waals surface area contributed by atoms with Gasteiger partial charge in [0.05, 0.1) is 0 Å². The minimum absolute atomic E-state index is 0.0708. The van der Waals surface area contributed by atoms with Crippen molar-refractivity contribution in [2.24, 2.45) is 0 Å². The van der Waals surface area contributed by atoms with Crippen LogP contribution in [0.5, 0.6) is 0 Å². The number of amides is 2. The second kappa shape index (κ2) is 9.10. The molecule has 1 atom stereocenters. The van der Waals surface area contributed by atoms with Crippen LogP contribution in [0.3, 0.4) is 0 Å². The van der Waals surface area contributed by atoms with Crippen LogP contribution in [0.25, 0.3) is 0 Å². The summed E-state index contributed by atoms with van der Waals surface area (Å²) in [5.74, 6) is -2.74. The maximum atomic E-state index is 13.8. The van der Waals surface area contributed by atoms with Gasteiger partial charge in [-0.1, -0.05) is 15.9 Å². The number of halogens is 3. The Kier molecular flexibility index (Phi) is 7.75. The number of anilines is 1. The number of alkyl carbamates (subject to hydrolysis) is 1. The van der Waals surface area contributed by atoms with E-state index in [0.29, 0.717) is 0 Å². The van der Waals surface area contributed by atoms with Crippen LogP contribution in [0.4, 0.5) is 19.3 Å². The molecule has 6 nitrogen and oxygen atoms in total. The number of nitrogens with one attached hydrogen (secondary N) is 2. The van der Waals surface area contributed by atoms with E-state index in [4.69, 9.17) is 9.84 Å². The Labute approximate surface area is 153 Å². The van der Waals surface area contributed by atoms with Gasteiger partial charge in [-0.2, -0.15) is 0 Å². The summed E-state index contributed by atoms with van der Waals surface area (Å²) in [5, 5.41) is 13.4. The minimum Gasteiger partial charge on any atom is -0.444 e. The highest BCUT2D eigenvalue weighted by molar-refractivity contribution is 9.10. The summed E-state index contributed by atoms with van der Waals surface area (Å²) >= 11 is 2.94. The van der Waals surface area contributed by atoms with Crippen LogP contribution in [0, 0.1) is 11.6 Å². The average molecular weight is 423 g/mol. The number of hydrogen-bond donors (Lipinski definition) is 3. The van der Waals surface area contributed by atoms with Gasteiger partial charge >= 0.3 is 6.09 Å². The number of aliphatic hydroxyl groups is 1. The molecule has 1 rings (SSSR count). The van der Waals surface area contributed by atoms with Gasteiger partial charge in [-0.3, -0.25) is 4.79 Å². The van der Waals surface area contributed by atoms with Crippen LogP contribution in [-0.2, 0) is 9.53 Å². The fourth-order valence-electron chi connectivity index (χ4n) is 1.89. The van der Waals surface area contributed by atoms with E-state index in [-0.39, 0.29) is 23.9 Å². The molecule has 0 aliphatic rings. The lowest BCUT2D eigenvalue weighted by atomic mass is 10.1. The summed E-state index contributed by atoms with van der Waals surface area (Å²) in [5.41, 5.74) is -1.39. The topological polar surface area (TPSA) is 87.7 Å². The number of carbonyl (C=O) groups excluding carboxylic acids is 2. The lowest BCUT2D eigenvalue weighted by Gasteiger charge is -2.23. The average Bonchev–Trinajstić information content (AvgIpc) is 2.45. The monoisotopic (exact) mass is 422 g/mol. The van der Waals surface area contributed by atoms with E-state index in [1.54, 1.807) is 20.8 Å². The predicted molar refractivity (Wildman–Crippen MR) is 92.2 cm³/mol. The number of rotatable bonds is 6. The van der Waals surface area contributed by atoms with Crippen molar-refractivity contribution in [2.75, 3.05) is 11.9 Å². The summed E-state index contributed by atoms with van der Waals surface area (Å²) in [7, 11) is 0. The van der Waals surface area contributed by atoms with Gasteiger partial charge in [-0.05, 0) is 45.7 Å². The summed E-state index contributed by atoms with van der Waals surface area (Å²) in [6.07, 6.45) is -0.567. The largest absolute Gasteiger partial charge is 0.444 e. The highest BCUT2D eigenvalue weighted by Gasteiger charge is 2.25. The van der Waals surface area contributed by atoms with Crippen LogP contribution in [0.15, 0.2) is 16.6 Å². The molecule has 0 bridgehead atoms. The molecule has 1 aromatic rings. The first kappa shape index (κ1) is 21.3. The molecular weight excluding hydrogens is 402 g/mol. The molecule has 0 heterocycles. The van der Waals surface area contributed by atoms with Crippen molar-refractivity contribution in [3.05, 3.63) is 28.2 Å². The number of ether oxygens (including phenoxy) is 1. The van der Waals surface area contributed by atoms with E-state index in [1.165, 1.54) is 0 Å². The van der Waals surface area contributed by atoms with Crippen molar-refractivity contribution < 1.29 is 28.2 Å². The third kappa shape index (κ3) is 7.35. The molecule has 0 spiro atoms. The molecule has 0 aliphatic heterocycles. The minimum atomic E-state index is -1.12. The van der Waals surface area contributed by atoms with Gasteiger partial charge in [0.25, 0.3) is 0 Å². The van der Waals surface area contributed by atoms with E-state index in [9.17, 15) is 18.4 Å². The van der Waals surface area contributed by atoms with Crippen molar-refractivity contribution in [2.45, 2.75) is 45.3 Å². The second-order valence-corrected chi connectivity index (χ2v) is 7.21. The molecule has 0 aromatic heterocycles. The first-order chi connectivity index (χ1) is 11.5. The van der Waals surface area contributed by atoms with Crippen LogP contribution >= 0.6 is 15.9 Å². The smallest absolute Gasteiger partial charge is 0.408 e. The van der Waals surface area contributed by atoms with Crippen molar-refractivity contribution in [3.8, 4) is 0 Å². The quantitative estimate of drug-likeness (QED) is 0.655. The summed E-state index contributed by atoms with van der Waals surface area (Å²) in [4.78, 5) is 24.1. The standard InChI is InChI=1S/C16H21BrF2N2O4/c1-16(2,3)25-15(24)20-12(5-4-6-22)14(23)21-13-10(18)7-9(17)8-11(13)19/h7-8,12,22H,4-6H2,1-3H3,(H,20,24)(H,21,23). The molecule has 140 valence electrons. The predicted octanol–water partition coefficient (Wildman–Crippen LogP) is 3.33. The molecule has 9 heteroatoms. The maximum Gasteiger partial charge on any atom is 0.408 e. The van der Waals surface area contributed by atoms with Gasteiger partial charge in [-0.15, -0.1) is 0 Å². The molecule has 25 heavy (non-hydrogen) atoms. The van der Waals surface area contributed by atoms with Gasteiger partial charge in [0.15, 0.2) is 11.6 Å². The molecule has 3 N–H and O–H groups in total. The van der Waals surface area contributed by atoms with Crippen LogP contribution in [0.2, 0.25) is 0 Å². The highest BCUT2D eigenvalue weighted by Crippen LogP contribution is 2.24. The van der Waals surface area contributed by atoms with Gasteiger partial charge in [0.1, 0.15) is 17.3 Å². The van der Waals surface area contributed by atoms with Crippen molar-refractivity contribution in [3.63, 3.8) is 0 Å². The first-order valence-electron chi connectivity index (χ1n) is 7.59. The summed E-state index contributed by atoms with van der Waals surface area (Å²) in [6.45, 7) is 4.76. The summed E-state index contributed by atoms with van der Waals surface area (Å²) in [6, 6.07) is 0.885. The molecule has 0 aliphatic carbocycles. The fourth-order valence-corrected chi connectivity index (χ4v) is 2.29. The number of benzene rings is 1. The molecule has 0 fully saturated rings. The highest BCUT2D eigenvalue weighted by atomic mass is 79.9. The third-order valence-corrected chi connectivity index (χ3v) is 3.37. The Bertz CT molecular complexity index is 612. The van der Waals surface area contributed by atoms with Crippen molar-refractivity contribution in [1.82, 2.24) is 5.32 Å². The summed E-state index contributed by atoms with van der Waals surface area (Å²) < 4.78 is 32.9. The van der Waals surface area contributed by atoms with Crippen LogP contribution in [-0.4, -0.2) is 35.4 Å². The molecule has 1 aromatic carbocycles. The van der Waals surface area contributed by atoms with Crippen LogP contribution in [0.1, 0.15) is 33.6 Å². The Morgan fingerprint density at radius 1 is 1.28 bits per heavy atom. The molecule has 2 amide bonds. The van der Waals surface area contributed by atoms with E-state index in [2.05, 4.69) is 26.6 Å². The number of aliphatic hydroxyl groups excluding tert-OH is 1. The Balaban J connectivity index is 2.88. The SMILES string of the molecule is CC(C)(C)OC(=O)NC(CCCO)C(=O)Nc1c(F)cc(Br)cc1F. The van der Waals surface area contributed by atoms with Gasteiger partial charge in [0, 0.05) is 11.1 Å². The Morgan fingerprint density at radius 2 is 1.84 bits per heavy atom. The first-order valence-corrected chi connectivity index (χ1v) is 8.38. The molecule has 1 unspecified atom stereocenters. The third-order valence-electron chi connectivity index (χ3n) is 2.91. The van der Waals surface area contributed by atoms with E-state index in [0.717, 1.165) is 12.1 Å². The lowest BCUT2D eigenvalue weighted by Crippen LogP contribution is -2.46. The Hall–Kier alpha value is -1.74. The Morgan fingerprint density at radius 3 is 2.32 bits per heavy atom. The maximum absolute atomic E-state index is 13.8. The lowest BCUT2D eigenvalue weighted by molar-refractivity contribution is -0.118. The van der Waals surface area contributed by atoms with Gasteiger partial charge < -0.3 is 20.5 Å². The zero-order valence-electron chi connectivity index (χ0n) is 14.2. The molecule has 0 saturated heterocycles. The normalized spacial score (nSPS) is 12.4. The van der Waals surface area contributed by atoms with Crippen LogP contribution < -0.4 is 10.6 Å². The van der Waals surface area contributed by atoms with E-state index >= 15 is 0 Å². The van der Waals surface area contributed by atoms with Crippen molar-refractivity contribution >= 4 is 33.6 Å². The zero-order chi connectivity index (χ0) is 19.2. The van der Waals surface area contributed by atoms with E-state index < -0.39 is 41.0 Å². The molecular formula is C16H21BrF2N2O4. The van der Waals surface area contributed by atoms with Gasteiger partial charge in [0.2, 0.25) is 5.91 Å². The second-order valence-electron chi connectivity index (χ2n) is 6.30. The van der Waals surface area contributed by atoms with E-state index in [1.807, 2.05) is 0 Å². The molecule has 0 saturated carbocycles. The zero-order valence-corrected chi connectivity index (χ0v) is 15.7. The number of carbonyl (C=O) groups is 2. The molecule has 0 radical (unpaired) electrons. The number of hydrogen-bond acceptors (Lipinski definition) is 4. The fraction of sp³-hybridized carbons (Fsp3) is 0.500.